The topological polar surface area (TPSA) is 42.9 Å². The highest BCUT2D eigenvalue weighted by molar-refractivity contribution is 8.13. The van der Waals surface area contributed by atoms with E-state index in [4.69, 9.17) is 0 Å². The monoisotopic (exact) mass is 258 g/mol. The van der Waals surface area contributed by atoms with Gasteiger partial charge in [-0.3, -0.25) is 14.8 Å². The van der Waals surface area contributed by atoms with Crippen LogP contribution in [0.4, 0.5) is 0 Å². The summed E-state index contributed by atoms with van der Waals surface area (Å²) in [6.45, 7) is 1.59. The third-order valence-electron chi connectivity index (χ3n) is 2.39. The van der Waals surface area contributed by atoms with Crippen LogP contribution in [0.1, 0.15) is 18.9 Å². The van der Waals surface area contributed by atoms with E-state index in [1.807, 2.05) is 18.2 Å². The highest BCUT2D eigenvalue weighted by Crippen LogP contribution is 2.13. The number of thioether (sulfide) groups is 1. The zero-order valence-corrected chi connectivity index (χ0v) is 11.0. The number of rotatable bonds is 4. The van der Waals surface area contributed by atoms with Crippen LogP contribution in [0.5, 0.6) is 0 Å². The van der Waals surface area contributed by atoms with Crippen molar-refractivity contribution in [1.29, 1.82) is 0 Å². The fourth-order valence-electron chi connectivity index (χ4n) is 1.57. The number of hydrogen-bond donors (Lipinski definition) is 0. The minimum atomic E-state index is 0.171. The Morgan fingerprint density at radius 3 is 2.83 bits per heavy atom. The molecule has 0 N–H and O–H groups in total. The van der Waals surface area contributed by atoms with Gasteiger partial charge in [0.1, 0.15) is 0 Å². The largest absolute Gasteiger partial charge is 0.288 e. The minimum Gasteiger partial charge on any atom is -0.288 e. The molecule has 0 saturated carbocycles. The van der Waals surface area contributed by atoms with E-state index in [-0.39, 0.29) is 5.12 Å². The van der Waals surface area contributed by atoms with Crippen LogP contribution in [-0.4, -0.2) is 20.8 Å². The minimum absolute atomic E-state index is 0.171. The molecule has 0 radical (unpaired) electrons. The van der Waals surface area contributed by atoms with Gasteiger partial charge in [-0.2, -0.15) is 0 Å². The van der Waals surface area contributed by atoms with Gasteiger partial charge in [-0.1, -0.05) is 30.0 Å². The lowest BCUT2D eigenvalue weighted by Crippen LogP contribution is -1.84. The smallest absolute Gasteiger partial charge is 0.185 e. The molecule has 3 nitrogen and oxygen atoms in total. The third-order valence-corrected chi connectivity index (χ3v) is 3.24. The molecular weight excluding hydrogens is 244 g/mol. The molecule has 0 bridgehead atoms. The molecule has 1 aromatic heterocycles. The number of carbonyl (C=O) groups is 1. The van der Waals surface area contributed by atoms with Gasteiger partial charge in [-0.05, 0) is 24.1 Å². The molecule has 0 saturated heterocycles. The van der Waals surface area contributed by atoms with Crippen LogP contribution in [-0.2, 0) is 4.79 Å². The summed E-state index contributed by atoms with van der Waals surface area (Å²) in [4.78, 5) is 19.2. The first-order valence-electron chi connectivity index (χ1n) is 5.76. The molecule has 0 unspecified atom stereocenters. The lowest BCUT2D eigenvalue weighted by molar-refractivity contribution is -0.109. The van der Waals surface area contributed by atoms with E-state index >= 15 is 0 Å². The first kappa shape index (κ1) is 12.8. The van der Waals surface area contributed by atoms with Crippen molar-refractivity contribution in [3.8, 4) is 0 Å². The van der Waals surface area contributed by atoms with Crippen LogP contribution in [0.15, 0.2) is 36.7 Å². The quantitative estimate of drug-likeness (QED) is 0.789. The predicted molar refractivity (Wildman–Crippen MR) is 76.3 cm³/mol. The molecule has 0 amide bonds. The zero-order chi connectivity index (χ0) is 12.8. The first-order chi connectivity index (χ1) is 8.75. The summed E-state index contributed by atoms with van der Waals surface area (Å²) in [5.41, 5.74) is 2.91. The van der Waals surface area contributed by atoms with Gasteiger partial charge >= 0.3 is 0 Å². The van der Waals surface area contributed by atoms with Gasteiger partial charge in [-0.15, -0.1) is 0 Å². The zero-order valence-electron chi connectivity index (χ0n) is 10.2. The number of aromatic nitrogens is 2. The van der Waals surface area contributed by atoms with Crippen molar-refractivity contribution in [2.24, 2.45) is 0 Å². The summed E-state index contributed by atoms with van der Waals surface area (Å²) < 4.78 is 0. The summed E-state index contributed by atoms with van der Waals surface area (Å²) in [5, 5.41) is 0.171. The number of allylic oxidation sites excluding steroid dienone is 1. The maximum atomic E-state index is 10.7. The molecule has 1 aromatic carbocycles. The molecular formula is C14H14N2OS. The second-order valence-electron chi connectivity index (χ2n) is 3.84. The molecule has 2 aromatic rings. The number of hydrogen-bond acceptors (Lipinski definition) is 4. The number of carbonyl (C=O) groups excluding carboxylic acids is 1. The van der Waals surface area contributed by atoms with E-state index in [0.717, 1.165) is 28.8 Å². The Morgan fingerprint density at radius 2 is 2.06 bits per heavy atom. The highest BCUT2D eigenvalue weighted by Gasteiger charge is 1.95. The summed E-state index contributed by atoms with van der Waals surface area (Å²) in [6, 6.07) is 5.99. The van der Waals surface area contributed by atoms with Crippen molar-refractivity contribution in [3.63, 3.8) is 0 Å². The number of fused-ring (bicyclic) bond motifs is 1. The molecule has 0 spiro atoms. The Morgan fingerprint density at radius 1 is 1.28 bits per heavy atom. The van der Waals surface area contributed by atoms with Crippen LogP contribution in [0.25, 0.3) is 17.1 Å². The summed E-state index contributed by atoms with van der Waals surface area (Å²) >= 11 is 1.36. The average Bonchev–Trinajstić information content (AvgIpc) is 2.38. The molecule has 0 atom stereocenters. The van der Waals surface area contributed by atoms with E-state index < -0.39 is 0 Å². The summed E-state index contributed by atoms with van der Waals surface area (Å²) in [5.74, 6) is 0.833. The standard InChI is InChI=1S/C14H14N2OS/c1-11(17)18-9-3-2-4-12-5-6-13-14(10-12)16-8-7-15-13/h2,4-8,10H,3,9H2,1H3. The van der Waals surface area contributed by atoms with Crippen LogP contribution in [0.2, 0.25) is 0 Å². The SMILES string of the molecule is CC(=O)SCCC=Cc1ccc2nccnc2c1. The van der Waals surface area contributed by atoms with Crippen LogP contribution >= 0.6 is 11.8 Å². The average molecular weight is 258 g/mol. The molecule has 0 fully saturated rings. The highest BCUT2D eigenvalue weighted by atomic mass is 32.2. The molecule has 2 rings (SSSR count). The summed E-state index contributed by atoms with van der Waals surface area (Å²) in [7, 11) is 0. The first-order valence-corrected chi connectivity index (χ1v) is 6.75. The maximum absolute atomic E-state index is 10.7. The Hall–Kier alpha value is -1.68. The van der Waals surface area contributed by atoms with Crippen molar-refractivity contribution in [2.75, 3.05) is 5.75 Å². The molecule has 0 aliphatic rings. The van der Waals surface area contributed by atoms with Crippen molar-refractivity contribution in [3.05, 3.63) is 42.2 Å². The Bertz CT molecular complexity index is 581. The fraction of sp³-hybridized carbons (Fsp3) is 0.214. The van der Waals surface area contributed by atoms with Crippen molar-refractivity contribution >= 4 is 34.0 Å². The molecule has 0 aliphatic heterocycles. The van der Waals surface area contributed by atoms with Gasteiger partial charge < -0.3 is 0 Å². The van der Waals surface area contributed by atoms with Crippen molar-refractivity contribution in [1.82, 2.24) is 9.97 Å². The molecule has 92 valence electrons. The van der Waals surface area contributed by atoms with Crippen molar-refractivity contribution in [2.45, 2.75) is 13.3 Å². The van der Waals surface area contributed by atoms with E-state index in [2.05, 4.69) is 22.1 Å². The number of benzene rings is 1. The maximum Gasteiger partial charge on any atom is 0.185 e. The molecule has 0 aliphatic carbocycles. The Labute approximate surface area is 110 Å². The van der Waals surface area contributed by atoms with Crippen LogP contribution in [0, 0.1) is 0 Å². The molecule has 4 heteroatoms. The van der Waals surface area contributed by atoms with Gasteiger partial charge in [0.05, 0.1) is 11.0 Å². The van der Waals surface area contributed by atoms with Gasteiger partial charge in [0.15, 0.2) is 5.12 Å². The Kier molecular flexibility index (Phi) is 4.47. The van der Waals surface area contributed by atoms with Gasteiger partial charge in [0.2, 0.25) is 0 Å². The van der Waals surface area contributed by atoms with Crippen molar-refractivity contribution < 1.29 is 4.79 Å². The van der Waals surface area contributed by atoms with Gasteiger partial charge in [0.25, 0.3) is 0 Å². The van der Waals surface area contributed by atoms with E-state index in [9.17, 15) is 4.79 Å². The van der Waals surface area contributed by atoms with Gasteiger partial charge in [0, 0.05) is 25.1 Å². The van der Waals surface area contributed by atoms with E-state index in [0.29, 0.717) is 0 Å². The summed E-state index contributed by atoms with van der Waals surface area (Å²) in [6.07, 6.45) is 8.40. The van der Waals surface area contributed by atoms with Gasteiger partial charge in [-0.25, -0.2) is 0 Å². The Balaban J connectivity index is 1.99. The van der Waals surface area contributed by atoms with E-state index in [1.54, 1.807) is 19.3 Å². The normalized spacial score (nSPS) is 11.2. The van der Waals surface area contributed by atoms with Crippen LogP contribution in [0.3, 0.4) is 0 Å². The molecule has 18 heavy (non-hydrogen) atoms. The lowest BCUT2D eigenvalue weighted by atomic mass is 10.1. The predicted octanol–water partition coefficient (Wildman–Crippen LogP) is 3.31. The van der Waals surface area contributed by atoms with E-state index in [1.165, 1.54) is 11.8 Å². The van der Waals surface area contributed by atoms with Crippen LogP contribution < -0.4 is 0 Å². The second-order valence-corrected chi connectivity index (χ2v) is 5.11. The second kappa shape index (κ2) is 6.31. The number of nitrogens with zero attached hydrogens (tertiary/aromatic N) is 2. The fourth-order valence-corrected chi connectivity index (χ4v) is 2.12. The lowest BCUT2D eigenvalue weighted by Gasteiger charge is -1.97. The third kappa shape index (κ3) is 3.67. The molecule has 1 heterocycles.